The minimum absolute atomic E-state index is 0.154. The monoisotopic (exact) mass is 505 g/mol. The van der Waals surface area contributed by atoms with E-state index in [4.69, 9.17) is 4.74 Å². The lowest BCUT2D eigenvalue weighted by Gasteiger charge is -2.30. The maximum Gasteiger partial charge on any atom is 0.259 e. The van der Waals surface area contributed by atoms with Crippen molar-refractivity contribution >= 4 is 33.6 Å². The van der Waals surface area contributed by atoms with Gasteiger partial charge in [-0.1, -0.05) is 64.9 Å². The van der Waals surface area contributed by atoms with Crippen molar-refractivity contribution in [3.63, 3.8) is 0 Å². The molecule has 6 nitrogen and oxygen atoms in total. The van der Waals surface area contributed by atoms with Gasteiger partial charge in [-0.15, -0.1) is 0 Å². The fourth-order valence-corrected chi connectivity index (χ4v) is 4.41. The predicted molar refractivity (Wildman–Crippen MR) is 128 cm³/mol. The SMILES string of the molecule is CCN(Cc1cc(Br)ccc1OCc1ccccc1)N1C=C(C(=O)NC[C@H](C)O)SC1. The molecular weight excluding hydrogens is 478 g/mol. The normalized spacial score (nSPS) is 14.5. The number of thioether (sulfide) groups is 1. The van der Waals surface area contributed by atoms with Gasteiger partial charge in [-0.3, -0.25) is 4.79 Å². The number of aliphatic hydroxyl groups is 1. The molecule has 166 valence electrons. The summed E-state index contributed by atoms with van der Waals surface area (Å²) in [6, 6.07) is 16.1. The molecule has 0 spiro atoms. The maximum atomic E-state index is 12.3. The molecule has 0 aromatic heterocycles. The van der Waals surface area contributed by atoms with E-state index in [1.165, 1.54) is 11.8 Å². The fraction of sp³-hybridized carbons (Fsp3) is 0.348. The number of benzene rings is 2. The summed E-state index contributed by atoms with van der Waals surface area (Å²) in [7, 11) is 0. The van der Waals surface area contributed by atoms with Gasteiger partial charge in [0.1, 0.15) is 12.4 Å². The second-order valence-corrected chi connectivity index (χ2v) is 9.17. The highest BCUT2D eigenvalue weighted by Crippen LogP contribution is 2.30. The van der Waals surface area contributed by atoms with E-state index < -0.39 is 6.10 Å². The molecule has 1 amide bonds. The van der Waals surface area contributed by atoms with Crippen LogP contribution in [0.5, 0.6) is 5.75 Å². The van der Waals surface area contributed by atoms with Crippen molar-refractivity contribution in [3.05, 3.63) is 75.2 Å². The minimum atomic E-state index is -0.565. The highest BCUT2D eigenvalue weighted by atomic mass is 79.9. The lowest BCUT2D eigenvalue weighted by atomic mass is 10.2. The molecule has 1 heterocycles. The summed E-state index contributed by atoms with van der Waals surface area (Å²) in [4.78, 5) is 12.9. The van der Waals surface area contributed by atoms with Crippen LogP contribution in [0.4, 0.5) is 0 Å². The predicted octanol–water partition coefficient (Wildman–Crippen LogP) is 4.11. The van der Waals surface area contributed by atoms with Crippen LogP contribution in [0.15, 0.2) is 64.1 Å². The zero-order valence-corrected chi connectivity index (χ0v) is 20.2. The fourth-order valence-electron chi connectivity index (χ4n) is 3.09. The summed E-state index contributed by atoms with van der Waals surface area (Å²) in [6.45, 7) is 5.93. The Bertz CT molecular complexity index is 908. The highest BCUT2D eigenvalue weighted by Gasteiger charge is 2.24. The molecule has 1 atom stereocenters. The topological polar surface area (TPSA) is 65.0 Å². The van der Waals surface area contributed by atoms with Crippen LogP contribution in [0.25, 0.3) is 0 Å². The van der Waals surface area contributed by atoms with Gasteiger partial charge in [0.25, 0.3) is 5.91 Å². The third-order valence-electron chi connectivity index (χ3n) is 4.74. The molecule has 0 unspecified atom stereocenters. The average molecular weight is 506 g/mol. The number of aliphatic hydroxyl groups excluding tert-OH is 1. The molecule has 2 aromatic carbocycles. The number of ether oxygens (including phenoxy) is 1. The van der Waals surface area contributed by atoms with Crippen molar-refractivity contribution < 1.29 is 14.6 Å². The van der Waals surface area contributed by atoms with Gasteiger partial charge < -0.3 is 20.2 Å². The zero-order valence-electron chi connectivity index (χ0n) is 17.8. The third-order valence-corrected chi connectivity index (χ3v) is 6.23. The maximum absolute atomic E-state index is 12.3. The molecule has 2 aromatic rings. The second kappa shape index (κ2) is 11.6. The Hall–Kier alpha value is -2.00. The van der Waals surface area contributed by atoms with Gasteiger partial charge in [0.2, 0.25) is 0 Å². The number of rotatable bonds is 10. The summed E-state index contributed by atoms with van der Waals surface area (Å²) in [5, 5.41) is 16.4. The van der Waals surface area contributed by atoms with Crippen molar-refractivity contribution in [3.8, 4) is 5.75 Å². The molecule has 0 saturated carbocycles. The van der Waals surface area contributed by atoms with E-state index in [0.29, 0.717) is 23.9 Å². The van der Waals surface area contributed by atoms with E-state index in [9.17, 15) is 9.90 Å². The molecule has 0 bridgehead atoms. The number of carbonyl (C=O) groups excluding carboxylic acids is 1. The van der Waals surface area contributed by atoms with Gasteiger partial charge in [-0.25, -0.2) is 5.01 Å². The molecule has 1 aliphatic heterocycles. The molecule has 8 heteroatoms. The Morgan fingerprint density at radius 3 is 2.81 bits per heavy atom. The zero-order chi connectivity index (χ0) is 22.2. The van der Waals surface area contributed by atoms with Gasteiger partial charge in [-0.05, 0) is 30.7 Å². The van der Waals surface area contributed by atoms with Crippen LogP contribution in [0.2, 0.25) is 0 Å². The Morgan fingerprint density at radius 2 is 2.10 bits per heavy atom. The van der Waals surface area contributed by atoms with Crippen molar-refractivity contribution in [2.24, 2.45) is 0 Å². The van der Waals surface area contributed by atoms with Crippen LogP contribution in [0.3, 0.4) is 0 Å². The van der Waals surface area contributed by atoms with E-state index in [0.717, 1.165) is 27.9 Å². The van der Waals surface area contributed by atoms with Crippen molar-refractivity contribution in [2.75, 3.05) is 19.0 Å². The van der Waals surface area contributed by atoms with Gasteiger partial charge in [0.05, 0.1) is 16.9 Å². The smallest absolute Gasteiger partial charge is 0.259 e. The summed E-state index contributed by atoms with van der Waals surface area (Å²) in [5.74, 6) is 1.36. The number of halogens is 1. The number of carbonyl (C=O) groups is 1. The van der Waals surface area contributed by atoms with Crippen LogP contribution < -0.4 is 10.1 Å². The highest BCUT2D eigenvalue weighted by molar-refractivity contribution is 9.10. The Kier molecular flexibility index (Phi) is 8.83. The Labute approximate surface area is 196 Å². The van der Waals surface area contributed by atoms with Crippen molar-refractivity contribution in [1.29, 1.82) is 0 Å². The van der Waals surface area contributed by atoms with E-state index in [-0.39, 0.29) is 12.5 Å². The summed E-state index contributed by atoms with van der Waals surface area (Å²) in [6.07, 6.45) is 1.30. The number of nitrogens with one attached hydrogen (secondary N) is 1. The standard InChI is InChI=1S/C23H28BrN3O3S/c1-3-26(27-14-22(31-16-27)23(29)25-12-17(2)28)13-19-11-20(24)9-10-21(19)30-15-18-7-5-4-6-8-18/h4-11,14,17,28H,3,12-13,15-16H2,1-2H3,(H,25,29)/t17-/m0/s1. The average Bonchev–Trinajstić information content (AvgIpc) is 3.26. The first kappa shape index (κ1) is 23.7. The van der Waals surface area contributed by atoms with Crippen LogP contribution in [-0.4, -0.2) is 46.1 Å². The quantitative estimate of drug-likeness (QED) is 0.506. The molecule has 0 aliphatic carbocycles. The first-order valence-electron chi connectivity index (χ1n) is 10.2. The third kappa shape index (κ3) is 7.00. The van der Waals surface area contributed by atoms with Crippen LogP contribution in [-0.2, 0) is 17.9 Å². The first-order valence-corrected chi connectivity index (χ1v) is 12.0. The van der Waals surface area contributed by atoms with Crippen LogP contribution in [0, 0.1) is 0 Å². The van der Waals surface area contributed by atoms with E-state index in [1.54, 1.807) is 6.92 Å². The molecule has 0 saturated heterocycles. The first-order chi connectivity index (χ1) is 15.0. The molecule has 3 rings (SSSR count). The number of nitrogens with zero attached hydrogens (tertiary/aromatic N) is 2. The minimum Gasteiger partial charge on any atom is -0.489 e. The van der Waals surface area contributed by atoms with Gasteiger partial charge in [-0.2, -0.15) is 0 Å². The number of amides is 1. The number of hydrogen-bond acceptors (Lipinski definition) is 6. The Balaban J connectivity index is 1.68. The molecule has 0 radical (unpaired) electrons. The van der Waals surface area contributed by atoms with E-state index >= 15 is 0 Å². The van der Waals surface area contributed by atoms with E-state index in [2.05, 4.69) is 44.3 Å². The summed E-state index contributed by atoms with van der Waals surface area (Å²) in [5.41, 5.74) is 2.19. The van der Waals surface area contributed by atoms with Crippen molar-refractivity contribution in [1.82, 2.24) is 15.3 Å². The van der Waals surface area contributed by atoms with Crippen molar-refractivity contribution in [2.45, 2.75) is 33.1 Å². The lowest BCUT2D eigenvalue weighted by molar-refractivity contribution is -0.117. The largest absolute Gasteiger partial charge is 0.489 e. The molecule has 2 N–H and O–H groups in total. The molecule has 1 aliphatic rings. The molecular formula is C23H28BrN3O3S. The van der Waals surface area contributed by atoms with Gasteiger partial charge in [0, 0.05) is 35.9 Å². The molecule has 31 heavy (non-hydrogen) atoms. The van der Waals surface area contributed by atoms with Crippen LogP contribution in [0.1, 0.15) is 25.0 Å². The van der Waals surface area contributed by atoms with E-state index in [1.807, 2.05) is 48.7 Å². The van der Waals surface area contributed by atoms with Crippen LogP contribution >= 0.6 is 27.7 Å². The van der Waals surface area contributed by atoms with Gasteiger partial charge in [0.15, 0.2) is 0 Å². The number of hydrazine groups is 1. The number of hydrogen-bond donors (Lipinski definition) is 2. The summed E-state index contributed by atoms with van der Waals surface area (Å²) < 4.78 is 7.12. The second-order valence-electron chi connectivity index (χ2n) is 7.27. The molecule has 0 fully saturated rings. The summed E-state index contributed by atoms with van der Waals surface area (Å²) >= 11 is 5.06. The van der Waals surface area contributed by atoms with Gasteiger partial charge >= 0.3 is 0 Å². The lowest BCUT2D eigenvalue weighted by Crippen LogP contribution is -2.37. The Morgan fingerprint density at radius 1 is 1.32 bits per heavy atom.